The Kier molecular flexibility index (Phi) is 2.32. The molecule has 6 heteroatoms. The summed E-state index contributed by atoms with van der Waals surface area (Å²) in [6, 6.07) is 1.61. The summed E-state index contributed by atoms with van der Waals surface area (Å²) in [6.45, 7) is 0. The fourth-order valence-corrected chi connectivity index (χ4v) is 1.04. The fourth-order valence-electron chi connectivity index (χ4n) is 1.04. The first-order chi connectivity index (χ1) is 7.29. The molecule has 0 fully saturated rings. The van der Waals surface area contributed by atoms with Crippen molar-refractivity contribution in [2.24, 2.45) is 0 Å². The summed E-state index contributed by atoms with van der Waals surface area (Å²) < 4.78 is 4.90. The molecule has 0 aromatic carbocycles. The van der Waals surface area contributed by atoms with Crippen molar-refractivity contribution in [2.75, 3.05) is 11.1 Å². The molecule has 76 valence electrons. The molecule has 0 radical (unpaired) electrons. The van der Waals surface area contributed by atoms with E-state index in [1.165, 1.54) is 18.7 Å². The molecule has 0 atom stereocenters. The number of aromatic nitrogens is 2. The lowest BCUT2D eigenvalue weighted by Gasteiger charge is -2.01. The summed E-state index contributed by atoms with van der Waals surface area (Å²) >= 11 is 0. The Hall–Kier alpha value is -2.37. The van der Waals surface area contributed by atoms with Crippen LogP contribution in [0.15, 0.2) is 29.1 Å². The molecule has 2 aromatic rings. The van der Waals surface area contributed by atoms with Gasteiger partial charge in [-0.05, 0) is 0 Å². The van der Waals surface area contributed by atoms with Gasteiger partial charge in [-0.3, -0.25) is 4.79 Å². The van der Waals surface area contributed by atoms with Gasteiger partial charge < -0.3 is 15.5 Å². The molecule has 15 heavy (non-hydrogen) atoms. The lowest BCUT2D eigenvalue weighted by Crippen LogP contribution is -1.98. The molecule has 3 N–H and O–H groups in total. The van der Waals surface area contributed by atoms with Gasteiger partial charge in [0.15, 0.2) is 12.0 Å². The van der Waals surface area contributed by atoms with Crippen LogP contribution in [0.5, 0.6) is 0 Å². The van der Waals surface area contributed by atoms with E-state index in [4.69, 9.17) is 10.2 Å². The van der Waals surface area contributed by atoms with Crippen LogP contribution >= 0.6 is 0 Å². The predicted molar refractivity (Wildman–Crippen MR) is 53.8 cm³/mol. The second kappa shape index (κ2) is 3.79. The highest BCUT2D eigenvalue weighted by Gasteiger charge is 2.05. The van der Waals surface area contributed by atoms with Crippen molar-refractivity contribution < 1.29 is 9.21 Å². The Labute approximate surface area is 85.1 Å². The third-order valence-corrected chi connectivity index (χ3v) is 1.72. The van der Waals surface area contributed by atoms with E-state index in [1.54, 1.807) is 6.07 Å². The first kappa shape index (κ1) is 9.20. The molecular formula is C9H8N4O2. The van der Waals surface area contributed by atoms with E-state index >= 15 is 0 Å². The van der Waals surface area contributed by atoms with Crippen LogP contribution < -0.4 is 11.1 Å². The number of nitrogens with one attached hydrogen (secondary N) is 1. The Bertz CT molecular complexity index is 463. The highest BCUT2D eigenvalue weighted by Crippen LogP contribution is 2.17. The lowest BCUT2D eigenvalue weighted by molar-refractivity contribution is 0.110. The van der Waals surface area contributed by atoms with Crippen LogP contribution in [-0.4, -0.2) is 16.3 Å². The van der Waals surface area contributed by atoms with Gasteiger partial charge in [-0.25, -0.2) is 9.97 Å². The standard InChI is InChI=1S/C9H8N4O2/c10-6-3-11-9(12-4-6)13-7-1-2-15-8(7)5-14/h1-5H,10H2,(H,11,12,13). The third kappa shape index (κ3) is 1.93. The number of furan rings is 1. The highest BCUT2D eigenvalue weighted by atomic mass is 16.3. The first-order valence-electron chi connectivity index (χ1n) is 4.17. The fraction of sp³-hybridized carbons (Fsp3) is 0. The zero-order chi connectivity index (χ0) is 10.7. The minimum atomic E-state index is 0.204. The van der Waals surface area contributed by atoms with Crippen molar-refractivity contribution in [2.45, 2.75) is 0 Å². The number of hydrogen-bond acceptors (Lipinski definition) is 6. The molecule has 0 aliphatic rings. The number of nitrogens with zero attached hydrogens (tertiary/aromatic N) is 2. The maximum Gasteiger partial charge on any atom is 0.227 e. The van der Waals surface area contributed by atoms with Crippen LogP contribution in [-0.2, 0) is 0 Å². The monoisotopic (exact) mass is 204 g/mol. The van der Waals surface area contributed by atoms with Crippen LogP contribution in [0, 0.1) is 0 Å². The van der Waals surface area contributed by atoms with Crippen LogP contribution in [0.3, 0.4) is 0 Å². The normalized spacial score (nSPS) is 9.87. The van der Waals surface area contributed by atoms with E-state index in [0.717, 1.165) is 0 Å². The van der Waals surface area contributed by atoms with Crippen LogP contribution in [0.4, 0.5) is 17.3 Å². The minimum Gasteiger partial charge on any atom is -0.459 e. The van der Waals surface area contributed by atoms with Crippen molar-refractivity contribution >= 4 is 23.6 Å². The maximum atomic E-state index is 10.5. The average molecular weight is 204 g/mol. The summed E-state index contributed by atoms with van der Waals surface area (Å²) in [7, 11) is 0. The molecule has 2 heterocycles. The van der Waals surface area contributed by atoms with Gasteiger partial charge in [-0.1, -0.05) is 0 Å². The Morgan fingerprint density at radius 2 is 2.13 bits per heavy atom. The number of nitrogen functional groups attached to an aromatic ring is 1. The number of nitrogens with two attached hydrogens (primary N) is 1. The maximum absolute atomic E-state index is 10.5. The van der Waals surface area contributed by atoms with E-state index in [2.05, 4.69) is 15.3 Å². The quantitative estimate of drug-likeness (QED) is 0.729. The SMILES string of the molecule is Nc1cnc(Nc2ccoc2C=O)nc1. The van der Waals surface area contributed by atoms with Crippen molar-refractivity contribution in [3.63, 3.8) is 0 Å². The number of rotatable bonds is 3. The molecule has 0 aliphatic heterocycles. The molecule has 0 amide bonds. The molecule has 0 saturated heterocycles. The van der Waals surface area contributed by atoms with Gasteiger partial charge in [0.2, 0.25) is 5.95 Å². The zero-order valence-corrected chi connectivity index (χ0v) is 7.68. The molecule has 2 rings (SSSR count). The van der Waals surface area contributed by atoms with Gasteiger partial charge in [0.25, 0.3) is 0 Å². The number of carbonyl (C=O) groups is 1. The lowest BCUT2D eigenvalue weighted by atomic mass is 10.4. The second-order valence-corrected chi connectivity index (χ2v) is 2.78. The molecular weight excluding hydrogens is 196 g/mol. The smallest absolute Gasteiger partial charge is 0.227 e. The highest BCUT2D eigenvalue weighted by molar-refractivity contribution is 5.81. The van der Waals surface area contributed by atoms with Gasteiger partial charge >= 0.3 is 0 Å². The number of aldehydes is 1. The van der Waals surface area contributed by atoms with Crippen LogP contribution in [0.1, 0.15) is 10.6 Å². The van der Waals surface area contributed by atoms with Gasteiger partial charge in [0.1, 0.15) is 0 Å². The molecule has 6 nitrogen and oxygen atoms in total. The summed E-state index contributed by atoms with van der Waals surface area (Å²) in [5.74, 6) is 0.559. The van der Waals surface area contributed by atoms with E-state index < -0.39 is 0 Å². The molecule has 0 bridgehead atoms. The number of anilines is 3. The zero-order valence-electron chi connectivity index (χ0n) is 7.68. The Morgan fingerprint density at radius 3 is 2.80 bits per heavy atom. The minimum absolute atomic E-state index is 0.204. The summed E-state index contributed by atoms with van der Waals surface area (Å²) in [5.41, 5.74) is 6.43. The summed E-state index contributed by atoms with van der Waals surface area (Å²) in [4.78, 5) is 18.4. The third-order valence-electron chi connectivity index (χ3n) is 1.72. The molecule has 0 unspecified atom stereocenters. The molecule has 0 spiro atoms. The largest absolute Gasteiger partial charge is 0.459 e. The van der Waals surface area contributed by atoms with E-state index in [1.807, 2.05) is 0 Å². The molecule has 0 saturated carbocycles. The van der Waals surface area contributed by atoms with Crippen LogP contribution in [0.25, 0.3) is 0 Å². The Morgan fingerprint density at radius 1 is 1.40 bits per heavy atom. The van der Waals surface area contributed by atoms with Crippen molar-refractivity contribution in [1.29, 1.82) is 0 Å². The van der Waals surface area contributed by atoms with Gasteiger partial charge in [-0.2, -0.15) is 0 Å². The van der Waals surface area contributed by atoms with E-state index in [0.29, 0.717) is 23.6 Å². The van der Waals surface area contributed by atoms with Crippen molar-refractivity contribution in [3.05, 3.63) is 30.5 Å². The first-order valence-corrected chi connectivity index (χ1v) is 4.17. The topological polar surface area (TPSA) is 94.0 Å². The average Bonchev–Trinajstić information content (AvgIpc) is 2.69. The second-order valence-electron chi connectivity index (χ2n) is 2.78. The van der Waals surface area contributed by atoms with E-state index in [-0.39, 0.29) is 5.76 Å². The molecule has 0 aliphatic carbocycles. The number of carbonyl (C=O) groups excluding carboxylic acids is 1. The summed E-state index contributed by atoms with van der Waals surface area (Å²) in [5, 5.41) is 2.83. The number of hydrogen-bond donors (Lipinski definition) is 2. The predicted octanol–water partition coefficient (Wildman–Crippen LogP) is 1.21. The van der Waals surface area contributed by atoms with E-state index in [9.17, 15) is 4.79 Å². The van der Waals surface area contributed by atoms with Gasteiger partial charge in [0.05, 0.1) is 30.0 Å². The van der Waals surface area contributed by atoms with Gasteiger partial charge in [0, 0.05) is 6.07 Å². The van der Waals surface area contributed by atoms with Crippen molar-refractivity contribution in [3.8, 4) is 0 Å². The van der Waals surface area contributed by atoms with Gasteiger partial charge in [-0.15, -0.1) is 0 Å². The van der Waals surface area contributed by atoms with Crippen LogP contribution in [0.2, 0.25) is 0 Å². The van der Waals surface area contributed by atoms with Crippen molar-refractivity contribution in [1.82, 2.24) is 9.97 Å². The summed E-state index contributed by atoms with van der Waals surface area (Å²) in [6.07, 6.45) is 4.95. The Balaban J connectivity index is 2.21. The molecule has 2 aromatic heterocycles.